The molecule has 0 aliphatic carbocycles. The zero-order chi connectivity index (χ0) is 25.6. The Morgan fingerprint density at radius 2 is 1.51 bits per heavy atom. The van der Waals surface area contributed by atoms with Crippen LogP contribution in [0.25, 0.3) is 11.1 Å². The summed E-state index contributed by atoms with van der Waals surface area (Å²) in [5.41, 5.74) is 2.82. The molecule has 0 spiro atoms. The van der Waals surface area contributed by atoms with Crippen LogP contribution in [-0.4, -0.2) is 33.7 Å². The van der Waals surface area contributed by atoms with Gasteiger partial charge in [-0.05, 0) is 72.5 Å². The van der Waals surface area contributed by atoms with E-state index in [2.05, 4.69) is 15.4 Å². The van der Waals surface area contributed by atoms with Crippen molar-refractivity contribution < 1.29 is 26.4 Å². The van der Waals surface area contributed by atoms with Crippen LogP contribution in [0.1, 0.15) is 27.9 Å². The summed E-state index contributed by atoms with van der Waals surface area (Å²) < 4.78 is 63.3. The van der Waals surface area contributed by atoms with Crippen LogP contribution in [0.2, 0.25) is 0 Å². The van der Waals surface area contributed by atoms with Gasteiger partial charge in [0.15, 0.2) is 0 Å². The number of carbonyl (C=O) groups is 1. The molecule has 0 unspecified atom stereocenters. The van der Waals surface area contributed by atoms with Gasteiger partial charge in [-0.15, -0.1) is 0 Å². The van der Waals surface area contributed by atoms with Crippen molar-refractivity contribution in [3.05, 3.63) is 83.4 Å². The third-order valence-electron chi connectivity index (χ3n) is 5.21. The monoisotopic (exact) mass is 505 g/mol. The van der Waals surface area contributed by atoms with E-state index < -0.39 is 21.8 Å². The van der Waals surface area contributed by atoms with Crippen molar-refractivity contribution in [3.63, 3.8) is 0 Å². The van der Waals surface area contributed by atoms with Gasteiger partial charge in [-0.25, -0.2) is 13.1 Å². The van der Waals surface area contributed by atoms with Crippen LogP contribution in [-0.2, 0) is 16.2 Å². The highest BCUT2D eigenvalue weighted by molar-refractivity contribution is 7.88. The summed E-state index contributed by atoms with van der Waals surface area (Å²) >= 11 is 0. The second-order valence-corrected chi connectivity index (χ2v) is 9.88. The first-order chi connectivity index (χ1) is 16.4. The normalized spacial score (nSPS) is 11.8. The van der Waals surface area contributed by atoms with Gasteiger partial charge in [0.25, 0.3) is 5.91 Å². The van der Waals surface area contributed by atoms with Crippen molar-refractivity contribution in [2.24, 2.45) is 0 Å². The number of anilines is 2. The van der Waals surface area contributed by atoms with Crippen molar-refractivity contribution in [3.8, 4) is 11.1 Å². The van der Waals surface area contributed by atoms with E-state index in [1.54, 1.807) is 49.4 Å². The molecular weight excluding hydrogens is 479 g/mol. The molecule has 186 valence electrons. The fourth-order valence-corrected chi connectivity index (χ4v) is 4.03. The van der Waals surface area contributed by atoms with Crippen molar-refractivity contribution in [1.29, 1.82) is 0 Å². The number of nitrogens with one attached hydrogen (secondary N) is 3. The Kier molecular flexibility index (Phi) is 8.18. The van der Waals surface area contributed by atoms with Gasteiger partial charge < -0.3 is 10.6 Å². The van der Waals surface area contributed by atoms with E-state index in [4.69, 9.17) is 0 Å². The molecule has 0 radical (unpaired) electrons. The maximum absolute atomic E-state index is 13.0. The predicted octanol–water partition coefficient (Wildman–Crippen LogP) is 5.28. The fraction of sp³-hybridized carbons (Fsp3) is 0.240. The SMILES string of the molecule is Cc1cccc(C(=O)Nc2ccc(NCCCNS(C)(=O)=O)cc2)c1-c1ccc(C(F)(F)F)cc1. The molecule has 0 aromatic heterocycles. The first-order valence-corrected chi connectivity index (χ1v) is 12.7. The van der Waals surface area contributed by atoms with Gasteiger partial charge in [-0.1, -0.05) is 24.3 Å². The molecular formula is C25H26F3N3O3S. The first-order valence-electron chi connectivity index (χ1n) is 10.8. The molecule has 3 aromatic carbocycles. The van der Waals surface area contributed by atoms with Crippen LogP contribution >= 0.6 is 0 Å². The lowest BCUT2D eigenvalue weighted by molar-refractivity contribution is -0.137. The number of carbonyl (C=O) groups excluding carboxylic acids is 1. The second kappa shape index (κ2) is 10.9. The number of sulfonamides is 1. The van der Waals surface area contributed by atoms with Crippen LogP contribution in [0.15, 0.2) is 66.7 Å². The largest absolute Gasteiger partial charge is 0.416 e. The Balaban J connectivity index is 1.68. The molecule has 0 saturated carbocycles. The Labute approximate surface area is 202 Å². The average molecular weight is 506 g/mol. The standard InChI is InChI=1S/C25H26F3N3O3S/c1-17-5-3-6-22(23(17)18-7-9-19(10-8-18)25(26,27)28)24(32)31-21-13-11-20(12-14-21)29-15-4-16-30-35(2,33)34/h3,5-14,29-30H,4,15-16H2,1-2H3,(H,31,32). The molecule has 0 atom stereocenters. The van der Waals surface area contributed by atoms with Gasteiger partial charge >= 0.3 is 6.18 Å². The number of amides is 1. The molecule has 0 aliphatic heterocycles. The molecule has 0 fully saturated rings. The third-order valence-corrected chi connectivity index (χ3v) is 5.94. The molecule has 35 heavy (non-hydrogen) atoms. The number of rotatable bonds is 9. The van der Waals surface area contributed by atoms with Gasteiger partial charge in [-0.3, -0.25) is 4.79 Å². The van der Waals surface area contributed by atoms with Gasteiger partial charge in [0.2, 0.25) is 10.0 Å². The lowest BCUT2D eigenvalue weighted by atomic mass is 9.94. The Morgan fingerprint density at radius 3 is 2.11 bits per heavy atom. The zero-order valence-corrected chi connectivity index (χ0v) is 20.1. The smallest absolute Gasteiger partial charge is 0.385 e. The number of benzene rings is 3. The number of hydrogen-bond donors (Lipinski definition) is 3. The molecule has 3 aromatic rings. The quantitative estimate of drug-likeness (QED) is 0.345. The molecule has 0 bridgehead atoms. The maximum atomic E-state index is 13.0. The highest BCUT2D eigenvalue weighted by atomic mass is 32.2. The number of hydrogen-bond acceptors (Lipinski definition) is 4. The number of alkyl halides is 3. The van der Waals surface area contributed by atoms with Crippen LogP contribution in [0, 0.1) is 6.92 Å². The molecule has 10 heteroatoms. The van der Waals surface area contributed by atoms with Gasteiger partial charge in [0.05, 0.1) is 11.8 Å². The summed E-state index contributed by atoms with van der Waals surface area (Å²) in [5, 5.41) is 6.00. The van der Waals surface area contributed by atoms with Crippen LogP contribution in [0.5, 0.6) is 0 Å². The first kappa shape index (κ1) is 26.2. The summed E-state index contributed by atoms with van der Waals surface area (Å²) in [6.45, 7) is 2.70. The van der Waals surface area contributed by atoms with E-state index >= 15 is 0 Å². The van der Waals surface area contributed by atoms with E-state index in [0.29, 0.717) is 41.9 Å². The predicted molar refractivity (Wildman–Crippen MR) is 132 cm³/mol. The summed E-state index contributed by atoms with van der Waals surface area (Å²) in [5.74, 6) is -0.379. The molecule has 0 aliphatic rings. The van der Waals surface area contributed by atoms with E-state index in [9.17, 15) is 26.4 Å². The lowest BCUT2D eigenvalue weighted by Crippen LogP contribution is -2.24. The van der Waals surface area contributed by atoms with Gasteiger partial charge in [0, 0.05) is 30.0 Å². The third kappa shape index (κ3) is 7.56. The van der Waals surface area contributed by atoms with Crippen molar-refractivity contribution >= 4 is 27.3 Å². The highest BCUT2D eigenvalue weighted by Gasteiger charge is 2.30. The van der Waals surface area contributed by atoms with Crippen molar-refractivity contribution in [1.82, 2.24) is 4.72 Å². The summed E-state index contributed by atoms with van der Waals surface area (Å²) in [7, 11) is -3.20. The van der Waals surface area contributed by atoms with Gasteiger partial charge in [-0.2, -0.15) is 13.2 Å². The van der Waals surface area contributed by atoms with E-state index in [1.165, 1.54) is 12.1 Å². The Morgan fingerprint density at radius 1 is 0.886 bits per heavy atom. The molecule has 3 rings (SSSR count). The van der Waals surface area contributed by atoms with E-state index in [0.717, 1.165) is 29.6 Å². The minimum Gasteiger partial charge on any atom is -0.385 e. The van der Waals surface area contributed by atoms with Crippen LogP contribution < -0.4 is 15.4 Å². The maximum Gasteiger partial charge on any atom is 0.416 e. The number of halogens is 3. The summed E-state index contributed by atoms with van der Waals surface area (Å²) in [6, 6.07) is 16.9. The number of aryl methyl sites for hydroxylation is 1. The molecule has 1 amide bonds. The summed E-state index contributed by atoms with van der Waals surface area (Å²) in [4.78, 5) is 13.0. The summed E-state index contributed by atoms with van der Waals surface area (Å²) in [6.07, 6.45) is -2.72. The van der Waals surface area contributed by atoms with Gasteiger partial charge in [0.1, 0.15) is 0 Å². The second-order valence-electron chi connectivity index (χ2n) is 8.05. The Hall–Kier alpha value is -3.37. The fourth-order valence-electron chi connectivity index (χ4n) is 3.51. The molecule has 0 saturated heterocycles. The Bertz CT molecular complexity index is 1270. The minimum atomic E-state index is -4.43. The van der Waals surface area contributed by atoms with Crippen molar-refractivity contribution in [2.45, 2.75) is 19.5 Å². The zero-order valence-electron chi connectivity index (χ0n) is 19.2. The van der Waals surface area contributed by atoms with Crippen LogP contribution in [0.3, 0.4) is 0 Å². The van der Waals surface area contributed by atoms with E-state index in [-0.39, 0.29) is 5.91 Å². The van der Waals surface area contributed by atoms with Crippen LogP contribution in [0.4, 0.5) is 24.5 Å². The van der Waals surface area contributed by atoms with Crippen molar-refractivity contribution in [2.75, 3.05) is 30.0 Å². The molecule has 6 nitrogen and oxygen atoms in total. The average Bonchev–Trinajstić information content (AvgIpc) is 2.78. The lowest BCUT2D eigenvalue weighted by Gasteiger charge is -2.15. The minimum absolute atomic E-state index is 0.331. The highest BCUT2D eigenvalue weighted by Crippen LogP contribution is 2.33. The molecule has 3 N–H and O–H groups in total. The van der Waals surface area contributed by atoms with E-state index in [1.807, 2.05) is 0 Å². The molecule has 0 heterocycles. The topological polar surface area (TPSA) is 87.3 Å².